The number of rotatable bonds is 7. The third-order valence-corrected chi connectivity index (χ3v) is 4.97. The predicted octanol–water partition coefficient (Wildman–Crippen LogP) is 3.92. The summed E-state index contributed by atoms with van der Waals surface area (Å²) in [5, 5.41) is 0. The number of nitrogens with zero attached hydrogens (tertiary/aromatic N) is 1. The lowest BCUT2D eigenvalue weighted by Gasteiger charge is -2.18. The molecule has 150 valence electrons. The molecule has 0 spiro atoms. The SMILES string of the molecule is CC.COc1ccc(CN(C)C(=O)C2C(C=O)C2c2ccc(OC)cc2)cc1. The van der Waals surface area contributed by atoms with Gasteiger partial charge in [-0.3, -0.25) is 4.79 Å². The number of carbonyl (C=O) groups is 2. The van der Waals surface area contributed by atoms with E-state index < -0.39 is 0 Å². The summed E-state index contributed by atoms with van der Waals surface area (Å²) in [5.74, 6) is 0.948. The average molecular weight is 383 g/mol. The van der Waals surface area contributed by atoms with Crippen LogP contribution in [0, 0.1) is 11.8 Å². The number of carbonyl (C=O) groups excluding carboxylic acids is 2. The maximum absolute atomic E-state index is 12.8. The molecular formula is C23H29NO4. The van der Waals surface area contributed by atoms with Gasteiger partial charge in [-0.2, -0.15) is 0 Å². The highest BCUT2D eigenvalue weighted by molar-refractivity contribution is 5.88. The van der Waals surface area contributed by atoms with Crippen LogP contribution in [0.4, 0.5) is 0 Å². The molecule has 0 N–H and O–H groups in total. The van der Waals surface area contributed by atoms with E-state index in [1.807, 2.05) is 62.4 Å². The monoisotopic (exact) mass is 383 g/mol. The molecule has 3 rings (SSSR count). The van der Waals surface area contributed by atoms with Crippen LogP contribution in [0.3, 0.4) is 0 Å². The third-order valence-electron chi connectivity index (χ3n) is 4.97. The molecule has 0 saturated heterocycles. The summed E-state index contributed by atoms with van der Waals surface area (Å²) in [7, 11) is 5.01. The first-order valence-electron chi connectivity index (χ1n) is 9.56. The van der Waals surface area contributed by atoms with Crippen molar-refractivity contribution >= 4 is 12.2 Å². The zero-order valence-corrected chi connectivity index (χ0v) is 17.2. The van der Waals surface area contributed by atoms with Crippen molar-refractivity contribution in [1.82, 2.24) is 4.90 Å². The molecule has 0 aliphatic heterocycles. The highest BCUT2D eigenvalue weighted by Gasteiger charge is 2.56. The van der Waals surface area contributed by atoms with Gasteiger partial charge in [0.05, 0.1) is 20.1 Å². The minimum absolute atomic E-state index is 0.00117. The summed E-state index contributed by atoms with van der Waals surface area (Å²) in [4.78, 5) is 25.9. The van der Waals surface area contributed by atoms with Crippen LogP contribution in [-0.2, 0) is 16.1 Å². The zero-order chi connectivity index (χ0) is 20.7. The Morgan fingerprint density at radius 1 is 0.964 bits per heavy atom. The largest absolute Gasteiger partial charge is 0.497 e. The maximum Gasteiger partial charge on any atom is 0.227 e. The molecule has 0 aromatic heterocycles. The first-order chi connectivity index (χ1) is 13.6. The number of hydrogen-bond acceptors (Lipinski definition) is 4. The number of amides is 1. The fourth-order valence-corrected chi connectivity index (χ4v) is 3.41. The number of benzene rings is 2. The van der Waals surface area contributed by atoms with E-state index in [1.54, 1.807) is 26.2 Å². The van der Waals surface area contributed by atoms with Gasteiger partial charge in [-0.1, -0.05) is 38.1 Å². The van der Waals surface area contributed by atoms with Gasteiger partial charge < -0.3 is 19.2 Å². The first kappa shape index (κ1) is 21.5. The number of ether oxygens (including phenoxy) is 2. The Bertz CT molecular complexity index is 770. The Morgan fingerprint density at radius 2 is 1.46 bits per heavy atom. The molecule has 3 unspecified atom stereocenters. The average Bonchev–Trinajstić information content (AvgIpc) is 3.49. The molecule has 3 atom stereocenters. The fourth-order valence-electron chi connectivity index (χ4n) is 3.41. The fraction of sp³-hybridized carbons (Fsp3) is 0.391. The van der Waals surface area contributed by atoms with Crippen molar-refractivity contribution in [1.29, 1.82) is 0 Å². The lowest BCUT2D eigenvalue weighted by molar-refractivity contribution is -0.132. The number of hydrogen-bond donors (Lipinski definition) is 0. The Morgan fingerprint density at radius 3 is 1.93 bits per heavy atom. The Hall–Kier alpha value is -2.82. The van der Waals surface area contributed by atoms with Crippen molar-refractivity contribution in [3.63, 3.8) is 0 Å². The maximum atomic E-state index is 12.8. The quantitative estimate of drug-likeness (QED) is 0.680. The molecule has 0 bridgehead atoms. The third kappa shape index (κ3) is 4.71. The number of methoxy groups -OCH3 is 2. The van der Waals surface area contributed by atoms with Crippen molar-refractivity contribution in [2.75, 3.05) is 21.3 Å². The molecule has 5 heteroatoms. The summed E-state index contributed by atoms with van der Waals surface area (Å²) in [6.45, 7) is 4.50. The second-order valence-corrected chi connectivity index (χ2v) is 6.58. The van der Waals surface area contributed by atoms with Crippen LogP contribution in [-0.4, -0.2) is 38.4 Å². The van der Waals surface area contributed by atoms with Gasteiger partial charge in [0.25, 0.3) is 0 Å². The van der Waals surface area contributed by atoms with E-state index >= 15 is 0 Å². The Balaban J connectivity index is 0.00000136. The van der Waals surface area contributed by atoms with Gasteiger partial charge in [0, 0.05) is 25.4 Å². The lowest BCUT2D eigenvalue weighted by atomic mass is 10.1. The first-order valence-corrected chi connectivity index (χ1v) is 9.56. The van der Waals surface area contributed by atoms with Crippen LogP contribution in [0.15, 0.2) is 48.5 Å². The van der Waals surface area contributed by atoms with E-state index in [1.165, 1.54) is 0 Å². The normalized spacial score (nSPS) is 19.7. The predicted molar refractivity (Wildman–Crippen MR) is 110 cm³/mol. The number of aldehydes is 1. The van der Waals surface area contributed by atoms with Crippen LogP contribution < -0.4 is 9.47 Å². The van der Waals surface area contributed by atoms with Crippen LogP contribution in [0.25, 0.3) is 0 Å². The minimum atomic E-state index is -0.288. The van der Waals surface area contributed by atoms with E-state index in [0.717, 1.165) is 28.9 Å². The van der Waals surface area contributed by atoms with E-state index in [0.29, 0.717) is 6.54 Å². The molecule has 1 amide bonds. The van der Waals surface area contributed by atoms with Crippen LogP contribution in [0.2, 0.25) is 0 Å². The van der Waals surface area contributed by atoms with Gasteiger partial charge in [-0.25, -0.2) is 0 Å². The van der Waals surface area contributed by atoms with Gasteiger partial charge in [0.1, 0.15) is 17.8 Å². The van der Waals surface area contributed by atoms with Crippen LogP contribution in [0.1, 0.15) is 30.9 Å². The smallest absolute Gasteiger partial charge is 0.227 e. The molecule has 0 heterocycles. The molecule has 1 aliphatic rings. The van der Waals surface area contributed by atoms with Gasteiger partial charge in [-0.05, 0) is 35.4 Å². The summed E-state index contributed by atoms with van der Waals surface area (Å²) in [6, 6.07) is 15.2. The second kappa shape index (κ2) is 9.93. The van der Waals surface area contributed by atoms with Crippen LogP contribution in [0.5, 0.6) is 11.5 Å². The topological polar surface area (TPSA) is 55.8 Å². The molecule has 28 heavy (non-hydrogen) atoms. The molecule has 1 saturated carbocycles. The van der Waals surface area contributed by atoms with Crippen molar-refractivity contribution in [2.24, 2.45) is 11.8 Å². The zero-order valence-electron chi connectivity index (χ0n) is 17.2. The van der Waals surface area contributed by atoms with Crippen molar-refractivity contribution in [3.05, 3.63) is 59.7 Å². The molecule has 1 fully saturated rings. The summed E-state index contributed by atoms with van der Waals surface area (Å²) in [6.07, 6.45) is 0.901. The van der Waals surface area contributed by atoms with Crippen molar-refractivity contribution in [3.8, 4) is 11.5 Å². The van der Waals surface area contributed by atoms with Gasteiger partial charge in [0.15, 0.2) is 0 Å². The molecule has 1 aliphatic carbocycles. The standard InChI is InChI=1S/C21H23NO4.C2H6/c1-22(12-14-4-8-16(25-2)9-5-14)21(24)20-18(13-23)19(20)15-6-10-17(26-3)11-7-15;1-2/h4-11,13,18-20H,12H2,1-3H3;1-2H3. The Labute approximate surface area is 167 Å². The highest BCUT2D eigenvalue weighted by Crippen LogP contribution is 2.53. The van der Waals surface area contributed by atoms with Crippen molar-refractivity contribution < 1.29 is 19.1 Å². The van der Waals surface area contributed by atoms with E-state index in [9.17, 15) is 9.59 Å². The van der Waals surface area contributed by atoms with Gasteiger partial charge in [0.2, 0.25) is 5.91 Å². The van der Waals surface area contributed by atoms with E-state index in [-0.39, 0.29) is 23.7 Å². The molecule has 2 aromatic rings. The van der Waals surface area contributed by atoms with Gasteiger partial charge in [-0.15, -0.1) is 0 Å². The van der Waals surface area contributed by atoms with Crippen molar-refractivity contribution in [2.45, 2.75) is 26.3 Å². The highest BCUT2D eigenvalue weighted by atomic mass is 16.5. The summed E-state index contributed by atoms with van der Waals surface area (Å²) < 4.78 is 10.3. The summed E-state index contributed by atoms with van der Waals surface area (Å²) in [5.41, 5.74) is 2.02. The minimum Gasteiger partial charge on any atom is -0.497 e. The summed E-state index contributed by atoms with van der Waals surface area (Å²) >= 11 is 0. The van der Waals surface area contributed by atoms with Crippen LogP contribution >= 0.6 is 0 Å². The van der Waals surface area contributed by atoms with Gasteiger partial charge >= 0.3 is 0 Å². The van der Waals surface area contributed by atoms with E-state index in [2.05, 4.69) is 0 Å². The molecule has 5 nitrogen and oxygen atoms in total. The Kier molecular flexibility index (Phi) is 7.61. The molecular weight excluding hydrogens is 354 g/mol. The van der Waals surface area contributed by atoms with E-state index in [4.69, 9.17) is 9.47 Å². The second-order valence-electron chi connectivity index (χ2n) is 6.58. The molecule has 2 aromatic carbocycles. The molecule has 0 radical (unpaired) electrons. The lowest BCUT2D eigenvalue weighted by Crippen LogP contribution is -2.28.